The first-order valence-corrected chi connectivity index (χ1v) is 12.6. The number of aromatic nitrogens is 1. The minimum Gasteiger partial charge on any atom is -0.366 e. The highest BCUT2D eigenvalue weighted by atomic mass is 32.1. The van der Waals surface area contributed by atoms with Crippen LogP contribution in [0.2, 0.25) is 0 Å². The molecule has 4 rings (SSSR count). The molecular weight excluding hydrogens is 469 g/mol. The molecule has 1 aliphatic carbocycles. The molecule has 2 aromatic rings. The molecule has 1 saturated carbocycles. The molecule has 1 saturated heterocycles. The lowest BCUT2D eigenvalue weighted by molar-refractivity contribution is -0.124. The van der Waals surface area contributed by atoms with Gasteiger partial charge in [0, 0.05) is 19.7 Å². The van der Waals surface area contributed by atoms with Crippen LogP contribution in [-0.2, 0) is 11.2 Å². The highest BCUT2D eigenvalue weighted by molar-refractivity contribution is 7.17. The zero-order chi connectivity index (χ0) is 24.9. The number of amides is 3. The maximum Gasteiger partial charge on any atom is 0.321 e. The number of nitrogens with zero attached hydrogens (tertiary/aromatic N) is 2. The van der Waals surface area contributed by atoms with Crippen molar-refractivity contribution in [3.63, 3.8) is 0 Å². The summed E-state index contributed by atoms with van der Waals surface area (Å²) in [5.41, 5.74) is 2.65. The van der Waals surface area contributed by atoms with Crippen molar-refractivity contribution < 1.29 is 18.8 Å². The van der Waals surface area contributed by atoms with E-state index < -0.39 is 0 Å². The molecule has 3 N–H and O–H groups in total. The number of piperazine rings is 1. The lowest BCUT2D eigenvalue weighted by atomic mass is 9.90. The number of ketones is 1. The molecule has 2 heterocycles. The van der Waals surface area contributed by atoms with Gasteiger partial charge in [-0.05, 0) is 55.9 Å². The van der Waals surface area contributed by atoms with Gasteiger partial charge in [-0.3, -0.25) is 14.9 Å². The van der Waals surface area contributed by atoms with E-state index in [1.807, 2.05) is 11.1 Å². The number of thiazole rings is 1. The molecule has 2 fully saturated rings. The van der Waals surface area contributed by atoms with Gasteiger partial charge in [-0.15, -0.1) is 0 Å². The molecule has 3 amide bonds. The summed E-state index contributed by atoms with van der Waals surface area (Å²) in [5.74, 6) is -0.412. The van der Waals surface area contributed by atoms with Gasteiger partial charge in [0.05, 0.1) is 29.2 Å². The maximum absolute atomic E-state index is 13.2. The predicted molar refractivity (Wildman–Crippen MR) is 133 cm³/mol. The third-order valence-corrected chi connectivity index (χ3v) is 7.38. The molecule has 0 bridgehead atoms. The van der Waals surface area contributed by atoms with Crippen molar-refractivity contribution in [2.45, 2.75) is 58.0 Å². The second-order valence-corrected chi connectivity index (χ2v) is 10.1. The van der Waals surface area contributed by atoms with Gasteiger partial charge in [-0.25, -0.2) is 14.2 Å². The van der Waals surface area contributed by atoms with E-state index in [0.717, 1.165) is 36.8 Å². The Bertz CT molecular complexity index is 1130. The summed E-state index contributed by atoms with van der Waals surface area (Å²) < 4.78 is 13.2. The molecule has 0 unspecified atom stereocenters. The Morgan fingerprint density at radius 3 is 2.77 bits per heavy atom. The molecular formula is C25H30FN5O3S. The molecule has 8 nitrogen and oxygen atoms in total. The Hall–Kier alpha value is -3.27. The Morgan fingerprint density at radius 2 is 2.06 bits per heavy atom. The van der Waals surface area contributed by atoms with Crippen molar-refractivity contribution in [2.24, 2.45) is 0 Å². The number of carbonyl (C=O) groups is 3. The number of Topliss-reactive ketones (excluding diaryl/α,β-unsaturated/α-hetero) is 1. The van der Waals surface area contributed by atoms with Crippen LogP contribution in [-0.4, -0.2) is 52.8 Å². The summed E-state index contributed by atoms with van der Waals surface area (Å²) in [6.07, 6.45) is 6.32. The van der Waals surface area contributed by atoms with Crippen LogP contribution in [0.1, 0.15) is 53.5 Å². The summed E-state index contributed by atoms with van der Waals surface area (Å²) in [4.78, 5) is 43.5. The molecule has 2 aliphatic rings. The van der Waals surface area contributed by atoms with Gasteiger partial charge in [0.1, 0.15) is 5.82 Å². The Kier molecular flexibility index (Phi) is 7.80. The number of carbonyl (C=O) groups excluding carboxylic acids is 3. The van der Waals surface area contributed by atoms with Crippen LogP contribution < -0.4 is 16.0 Å². The first-order valence-electron chi connectivity index (χ1n) is 11.8. The van der Waals surface area contributed by atoms with Crippen LogP contribution in [0.4, 0.5) is 14.3 Å². The van der Waals surface area contributed by atoms with E-state index in [-0.39, 0.29) is 42.2 Å². The third-order valence-electron chi connectivity index (χ3n) is 6.21. The molecule has 1 aliphatic heterocycles. The molecule has 1 aromatic heterocycles. The van der Waals surface area contributed by atoms with Crippen LogP contribution >= 0.6 is 11.3 Å². The summed E-state index contributed by atoms with van der Waals surface area (Å²) in [5, 5.41) is 9.19. The van der Waals surface area contributed by atoms with E-state index in [1.54, 1.807) is 19.1 Å². The molecule has 10 heteroatoms. The minimum absolute atomic E-state index is 0.0568. The third kappa shape index (κ3) is 6.66. The summed E-state index contributed by atoms with van der Waals surface area (Å²) in [6.45, 7) is 4.12. The summed E-state index contributed by atoms with van der Waals surface area (Å²) in [7, 11) is 0. The zero-order valence-electron chi connectivity index (χ0n) is 19.9. The number of anilines is 1. The number of halogens is 1. The van der Waals surface area contributed by atoms with Gasteiger partial charge in [0.25, 0.3) is 0 Å². The van der Waals surface area contributed by atoms with Gasteiger partial charge < -0.3 is 15.5 Å². The second-order valence-electron chi connectivity index (χ2n) is 9.12. The van der Waals surface area contributed by atoms with Crippen LogP contribution in [0, 0.1) is 12.7 Å². The first-order chi connectivity index (χ1) is 16.8. The van der Waals surface area contributed by atoms with E-state index in [9.17, 15) is 18.8 Å². The monoisotopic (exact) mass is 499 g/mol. The number of urea groups is 1. The van der Waals surface area contributed by atoms with E-state index >= 15 is 0 Å². The highest BCUT2D eigenvalue weighted by Gasteiger charge is 2.26. The van der Waals surface area contributed by atoms with Gasteiger partial charge in [0.15, 0.2) is 10.9 Å². The lowest BCUT2D eigenvalue weighted by Gasteiger charge is -2.35. The normalized spacial score (nSPS) is 21.5. The van der Waals surface area contributed by atoms with Gasteiger partial charge >= 0.3 is 6.03 Å². The molecule has 0 radical (unpaired) electrons. The van der Waals surface area contributed by atoms with Crippen LogP contribution in [0.5, 0.6) is 0 Å². The average molecular weight is 500 g/mol. The van der Waals surface area contributed by atoms with Crippen LogP contribution in [0.15, 0.2) is 36.0 Å². The summed E-state index contributed by atoms with van der Waals surface area (Å²) >= 11 is 1.17. The van der Waals surface area contributed by atoms with Crippen molar-refractivity contribution in [3.8, 4) is 0 Å². The van der Waals surface area contributed by atoms with Gasteiger partial charge in [-0.1, -0.05) is 29.9 Å². The Balaban J connectivity index is 1.39. The average Bonchev–Trinajstić information content (AvgIpc) is 3.16. The van der Waals surface area contributed by atoms with Crippen LogP contribution in [0.3, 0.4) is 0 Å². The smallest absolute Gasteiger partial charge is 0.321 e. The van der Waals surface area contributed by atoms with Crippen molar-refractivity contribution >= 4 is 34.2 Å². The SMILES string of the molecule is CC(=O)c1sc(NC(=O)N[C@@H]2CCCC/C2=C/N2CC(=O)N[C@@H](Cc3ccc(F)cc3)C2)nc1C. The zero-order valence-corrected chi connectivity index (χ0v) is 20.7. The van der Waals surface area contributed by atoms with E-state index in [0.29, 0.717) is 28.7 Å². The number of hydrogen-bond donors (Lipinski definition) is 3. The Morgan fingerprint density at radius 1 is 1.29 bits per heavy atom. The molecule has 186 valence electrons. The molecule has 35 heavy (non-hydrogen) atoms. The number of benzene rings is 1. The topological polar surface area (TPSA) is 103 Å². The van der Waals surface area contributed by atoms with Crippen molar-refractivity contribution in [3.05, 3.63) is 58.0 Å². The van der Waals surface area contributed by atoms with E-state index in [4.69, 9.17) is 0 Å². The largest absolute Gasteiger partial charge is 0.366 e. The highest BCUT2D eigenvalue weighted by Crippen LogP contribution is 2.26. The quantitative estimate of drug-likeness (QED) is 0.525. The fourth-order valence-electron chi connectivity index (χ4n) is 4.63. The minimum atomic E-state index is -0.364. The fourth-order valence-corrected chi connectivity index (χ4v) is 5.49. The Labute approximate surface area is 208 Å². The number of hydrogen-bond acceptors (Lipinski definition) is 6. The summed E-state index contributed by atoms with van der Waals surface area (Å²) in [6, 6.07) is 5.74. The lowest BCUT2D eigenvalue weighted by Crippen LogP contribution is -2.53. The van der Waals surface area contributed by atoms with Crippen molar-refractivity contribution in [1.82, 2.24) is 20.5 Å². The standard InChI is InChI=1S/C25H30FN5O3S/c1-15-23(16(2)32)35-25(27-15)30-24(34)29-21-6-4-3-5-18(21)12-31-13-20(28-22(33)14-31)11-17-7-9-19(26)10-8-17/h7-10,12,20-21H,3-6,11,13-14H2,1-2H3,(H,28,33)(H2,27,29,30,34)/b18-12-/t20-,21+/m0/s1. The number of aryl methyl sites for hydroxylation is 1. The maximum atomic E-state index is 13.2. The van der Waals surface area contributed by atoms with E-state index in [2.05, 4.69) is 20.9 Å². The van der Waals surface area contributed by atoms with Gasteiger partial charge in [0.2, 0.25) is 5.91 Å². The fraction of sp³-hybridized carbons (Fsp3) is 0.440. The van der Waals surface area contributed by atoms with Crippen molar-refractivity contribution in [2.75, 3.05) is 18.4 Å². The van der Waals surface area contributed by atoms with Crippen LogP contribution in [0.25, 0.3) is 0 Å². The number of nitrogens with one attached hydrogen (secondary N) is 3. The number of rotatable bonds is 6. The molecule has 2 atom stereocenters. The molecule has 0 spiro atoms. The van der Waals surface area contributed by atoms with Gasteiger partial charge in [-0.2, -0.15) is 0 Å². The first kappa shape index (κ1) is 24.8. The molecule has 1 aromatic carbocycles. The predicted octanol–water partition coefficient (Wildman–Crippen LogP) is 3.78. The van der Waals surface area contributed by atoms with E-state index in [1.165, 1.54) is 30.4 Å². The van der Waals surface area contributed by atoms with Crippen molar-refractivity contribution in [1.29, 1.82) is 0 Å². The second kappa shape index (κ2) is 11.0.